The molecule has 0 unspecified atom stereocenters. The van der Waals surface area contributed by atoms with E-state index in [1.807, 2.05) is 19.1 Å². The van der Waals surface area contributed by atoms with Gasteiger partial charge in [0.15, 0.2) is 11.5 Å². The minimum Gasteiger partial charge on any atom is -0.490 e. The Kier molecular flexibility index (Phi) is 8.18. The molecule has 1 amide bonds. The van der Waals surface area contributed by atoms with Gasteiger partial charge in [-0.3, -0.25) is 4.79 Å². The summed E-state index contributed by atoms with van der Waals surface area (Å²) in [6.45, 7) is 6.21. The highest BCUT2D eigenvalue weighted by atomic mass is 16.5. The van der Waals surface area contributed by atoms with E-state index in [2.05, 4.69) is 17.8 Å². The van der Waals surface area contributed by atoms with Crippen molar-refractivity contribution in [2.45, 2.75) is 45.1 Å². The molecule has 1 N–H and O–H groups in total. The van der Waals surface area contributed by atoms with Crippen LogP contribution >= 0.6 is 0 Å². The maximum absolute atomic E-state index is 12.5. The van der Waals surface area contributed by atoms with E-state index in [9.17, 15) is 10.1 Å². The molecule has 0 spiro atoms. The van der Waals surface area contributed by atoms with Crippen LogP contribution in [0, 0.1) is 23.7 Å². The first-order valence-corrected chi connectivity index (χ1v) is 9.52. The van der Waals surface area contributed by atoms with Gasteiger partial charge in [-0.15, -0.1) is 13.0 Å². The quantitative estimate of drug-likeness (QED) is 0.307. The van der Waals surface area contributed by atoms with Crippen molar-refractivity contribution in [3.05, 3.63) is 41.5 Å². The van der Waals surface area contributed by atoms with Gasteiger partial charge in [-0.25, -0.2) is 0 Å². The lowest BCUT2D eigenvalue weighted by Crippen LogP contribution is -2.33. The van der Waals surface area contributed by atoms with Crippen molar-refractivity contribution in [2.24, 2.45) is 0 Å². The van der Waals surface area contributed by atoms with Crippen molar-refractivity contribution >= 4 is 12.0 Å². The molecule has 1 aromatic rings. The molecule has 0 atom stereocenters. The van der Waals surface area contributed by atoms with Gasteiger partial charge in [-0.2, -0.15) is 5.26 Å². The van der Waals surface area contributed by atoms with E-state index in [1.54, 1.807) is 18.2 Å². The average molecular weight is 378 g/mol. The maximum atomic E-state index is 12.5. The molecule has 1 aliphatic carbocycles. The molecule has 1 aliphatic rings. The minimum atomic E-state index is -0.342. The van der Waals surface area contributed by atoms with Crippen molar-refractivity contribution in [3.8, 4) is 29.9 Å². The van der Waals surface area contributed by atoms with Gasteiger partial charge < -0.3 is 14.8 Å². The Balaban J connectivity index is 2.37. The number of hydrogen-bond donors (Lipinski definition) is 1. The third-order valence-corrected chi connectivity index (χ3v) is 4.48. The van der Waals surface area contributed by atoms with E-state index in [0.29, 0.717) is 30.1 Å². The number of hydrogen-bond acceptors (Lipinski definition) is 4. The summed E-state index contributed by atoms with van der Waals surface area (Å²) in [5.74, 6) is 3.19. The van der Waals surface area contributed by atoms with Crippen LogP contribution < -0.4 is 14.8 Å². The maximum Gasteiger partial charge on any atom is 0.262 e. The molecule has 0 saturated heterocycles. The molecule has 0 aliphatic heterocycles. The van der Waals surface area contributed by atoms with E-state index < -0.39 is 0 Å². The molecule has 28 heavy (non-hydrogen) atoms. The second-order valence-electron chi connectivity index (χ2n) is 6.55. The zero-order valence-corrected chi connectivity index (χ0v) is 16.3. The van der Waals surface area contributed by atoms with Crippen LogP contribution in [0.15, 0.2) is 30.4 Å². The van der Waals surface area contributed by atoms with E-state index in [-0.39, 0.29) is 24.1 Å². The normalized spacial score (nSPS) is 14.0. The average Bonchev–Trinajstić information content (AvgIpc) is 3.19. The lowest BCUT2D eigenvalue weighted by atomic mass is 10.0. The molecule has 0 heterocycles. The SMILES string of the molecule is C#CCOc1c(CC=C)cc(/C=C(/C#N)C(=O)NC2CCCC2)cc1OCC. The van der Waals surface area contributed by atoms with Crippen LogP contribution in [0.5, 0.6) is 11.5 Å². The number of allylic oxidation sites excluding steroid dienone is 1. The number of carbonyl (C=O) groups is 1. The van der Waals surface area contributed by atoms with E-state index in [1.165, 1.54) is 0 Å². The number of rotatable bonds is 9. The summed E-state index contributed by atoms with van der Waals surface area (Å²) in [6.07, 6.45) is 13.3. The number of benzene rings is 1. The number of carbonyl (C=O) groups excluding carboxylic acids is 1. The minimum absolute atomic E-state index is 0.0659. The first kappa shape index (κ1) is 21.1. The summed E-state index contributed by atoms with van der Waals surface area (Å²) >= 11 is 0. The van der Waals surface area contributed by atoms with Crippen LogP contribution in [0.4, 0.5) is 0 Å². The standard InChI is InChI=1S/C23H26N2O3/c1-4-9-18-13-17(15-21(27-6-3)22(18)28-12-5-2)14-19(16-24)23(26)25-20-10-7-8-11-20/h2,4,13-15,20H,1,6-12H2,3H3,(H,25,26)/b19-14-. The second kappa shape index (κ2) is 10.8. The van der Waals surface area contributed by atoms with Crippen LogP contribution in [0.2, 0.25) is 0 Å². The molecular weight excluding hydrogens is 352 g/mol. The molecule has 2 rings (SSSR count). The lowest BCUT2D eigenvalue weighted by Gasteiger charge is -2.16. The Bertz CT molecular complexity index is 821. The van der Waals surface area contributed by atoms with E-state index >= 15 is 0 Å². The van der Waals surface area contributed by atoms with Gasteiger partial charge in [-0.1, -0.05) is 24.8 Å². The van der Waals surface area contributed by atoms with Gasteiger partial charge in [0.1, 0.15) is 18.2 Å². The monoisotopic (exact) mass is 378 g/mol. The van der Waals surface area contributed by atoms with Crippen molar-refractivity contribution < 1.29 is 14.3 Å². The molecule has 0 aromatic heterocycles. The fourth-order valence-electron chi connectivity index (χ4n) is 3.26. The number of terminal acetylenes is 1. The highest BCUT2D eigenvalue weighted by Crippen LogP contribution is 2.34. The molecule has 5 nitrogen and oxygen atoms in total. The first-order valence-electron chi connectivity index (χ1n) is 9.52. The topological polar surface area (TPSA) is 71.3 Å². The molecule has 5 heteroatoms. The number of amides is 1. The van der Waals surface area contributed by atoms with E-state index in [0.717, 1.165) is 31.2 Å². The van der Waals surface area contributed by atoms with Crippen LogP contribution in [-0.4, -0.2) is 25.2 Å². The van der Waals surface area contributed by atoms with Crippen molar-refractivity contribution in [1.82, 2.24) is 5.32 Å². The summed E-state index contributed by atoms with van der Waals surface area (Å²) in [7, 11) is 0. The fraction of sp³-hybridized carbons (Fsp3) is 0.391. The van der Waals surface area contributed by atoms with Crippen LogP contribution in [-0.2, 0) is 11.2 Å². The van der Waals surface area contributed by atoms with Gasteiger partial charge in [0, 0.05) is 11.6 Å². The summed E-state index contributed by atoms with van der Waals surface area (Å²) in [6, 6.07) is 5.77. The Labute approximate surface area is 167 Å². The van der Waals surface area contributed by atoms with Gasteiger partial charge >= 0.3 is 0 Å². The Morgan fingerprint density at radius 2 is 2.14 bits per heavy atom. The summed E-state index contributed by atoms with van der Waals surface area (Å²) in [5.41, 5.74) is 1.58. The number of nitrogens with zero attached hydrogens (tertiary/aromatic N) is 1. The van der Waals surface area contributed by atoms with E-state index in [4.69, 9.17) is 15.9 Å². The van der Waals surface area contributed by atoms with Gasteiger partial charge in [0.05, 0.1) is 6.61 Å². The largest absolute Gasteiger partial charge is 0.490 e. The number of ether oxygens (including phenoxy) is 2. The Hall–Kier alpha value is -3.18. The lowest BCUT2D eigenvalue weighted by molar-refractivity contribution is -0.117. The zero-order chi connectivity index (χ0) is 20.4. The molecule has 1 fully saturated rings. The van der Waals surface area contributed by atoms with Gasteiger partial charge in [0.25, 0.3) is 5.91 Å². The summed E-state index contributed by atoms with van der Waals surface area (Å²) in [5, 5.41) is 12.4. The van der Waals surface area contributed by atoms with Crippen molar-refractivity contribution in [1.29, 1.82) is 5.26 Å². The van der Waals surface area contributed by atoms with Gasteiger partial charge in [0.2, 0.25) is 0 Å². The zero-order valence-electron chi connectivity index (χ0n) is 16.3. The highest BCUT2D eigenvalue weighted by Gasteiger charge is 2.20. The molecular formula is C23H26N2O3. The predicted octanol–water partition coefficient (Wildman–Crippen LogP) is 3.79. The Morgan fingerprint density at radius 3 is 2.75 bits per heavy atom. The van der Waals surface area contributed by atoms with Crippen LogP contribution in [0.25, 0.3) is 6.08 Å². The number of nitriles is 1. The van der Waals surface area contributed by atoms with Crippen molar-refractivity contribution in [3.63, 3.8) is 0 Å². The summed E-state index contributed by atoms with van der Waals surface area (Å²) in [4.78, 5) is 12.5. The molecule has 0 bridgehead atoms. The predicted molar refractivity (Wildman–Crippen MR) is 110 cm³/mol. The molecule has 1 aromatic carbocycles. The van der Waals surface area contributed by atoms with Crippen molar-refractivity contribution in [2.75, 3.05) is 13.2 Å². The molecule has 0 radical (unpaired) electrons. The summed E-state index contributed by atoms with van der Waals surface area (Å²) < 4.78 is 11.4. The smallest absolute Gasteiger partial charge is 0.262 e. The van der Waals surface area contributed by atoms with Crippen LogP contribution in [0.1, 0.15) is 43.7 Å². The second-order valence-corrected chi connectivity index (χ2v) is 6.55. The number of nitrogens with one attached hydrogen (secondary N) is 1. The van der Waals surface area contributed by atoms with Crippen LogP contribution in [0.3, 0.4) is 0 Å². The fourth-order valence-corrected chi connectivity index (χ4v) is 3.26. The highest BCUT2D eigenvalue weighted by molar-refractivity contribution is 6.01. The Morgan fingerprint density at radius 1 is 1.39 bits per heavy atom. The third-order valence-electron chi connectivity index (χ3n) is 4.48. The first-order chi connectivity index (χ1) is 13.6. The molecule has 146 valence electrons. The molecule has 1 saturated carbocycles. The van der Waals surface area contributed by atoms with Gasteiger partial charge in [-0.05, 0) is 50.0 Å². The third kappa shape index (κ3) is 5.66.